The molecule has 9 heteroatoms. The number of nitrogens with zero attached hydrogens (tertiary/aromatic N) is 2. The molecule has 1 aromatic carbocycles. The van der Waals surface area contributed by atoms with Crippen LogP contribution in [-0.4, -0.2) is 62.9 Å². The lowest BCUT2D eigenvalue weighted by Gasteiger charge is -2.31. The van der Waals surface area contributed by atoms with E-state index in [4.69, 9.17) is 5.73 Å². The Hall–Kier alpha value is -2.13. The van der Waals surface area contributed by atoms with E-state index in [2.05, 4.69) is 32.7 Å². The Labute approximate surface area is 172 Å². The Bertz CT molecular complexity index is 855. The molecule has 0 aromatic heterocycles. The Balaban J connectivity index is 1.52. The van der Waals surface area contributed by atoms with Crippen molar-refractivity contribution in [1.82, 2.24) is 15.5 Å². The number of carbonyl (C=O) groups excluding carboxylic acids is 1. The summed E-state index contributed by atoms with van der Waals surface area (Å²) in [7, 11) is -1.24. The van der Waals surface area contributed by atoms with Crippen LogP contribution in [-0.2, 0) is 27.7 Å². The van der Waals surface area contributed by atoms with Crippen LogP contribution >= 0.6 is 0 Å². The van der Waals surface area contributed by atoms with Crippen molar-refractivity contribution in [2.75, 3.05) is 31.6 Å². The molecule has 2 atom stereocenters. The molecule has 0 bridgehead atoms. The van der Waals surface area contributed by atoms with Crippen LogP contribution < -0.4 is 16.4 Å². The summed E-state index contributed by atoms with van der Waals surface area (Å²) in [6.45, 7) is 3.09. The Morgan fingerprint density at radius 1 is 1.31 bits per heavy atom. The lowest BCUT2D eigenvalue weighted by atomic mass is 9.97. The Morgan fingerprint density at radius 2 is 2.10 bits per heavy atom. The van der Waals surface area contributed by atoms with E-state index in [0.29, 0.717) is 18.9 Å². The van der Waals surface area contributed by atoms with Gasteiger partial charge in [0.25, 0.3) is 0 Å². The number of carbonyl (C=O) groups is 1. The minimum Gasteiger partial charge on any atom is -0.369 e. The fourth-order valence-corrected chi connectivity index (χ4v) is 5.68. The molecular weight excluding hydrogens is 390 g/mol. The quantitative estimate of drug-likeness (QED) is 0.447. The van der Waals surface area contributed by atoms with Gasteiger partial charge in [0.2, 0.25) is 5.91 Å². The highest BCUT2D eigenvalue weighted by Gasteiger charge is 2.28. The molecule has 1 amide bonds. The van der Waals surface area contributed by atoms with Gasteiger partial charge in [0.15, 0.2) is 15.8 Å². The zero-order valence-corrected chi connectivity index (χ0v) is 17.7. The molecule has 3 rings (SSSR count). The first-order valence-electron chi connectivity index (χ1n) is 10.1. The minimum atomic E-state index is -2.92. The van der Waals surface area contributed by atoms with Crippen molar-refractivity contribution in [2.24, 2.45) is 16.6 Å². The predicted octanol–water partition coefficient (Wildman–Crippen LogP) is 0.236. The van der Waals surface area contributed by atoms with E-state index < -0.39 is 9.84 Å². The summed E-state index contributed by atoms with van der Waals surface area (Å²) in [6.07, 6.45) is 2.48. The standard InChI is InChI=1S/C20H31N5O3S/c1-22-20(24-18-7-9-29(27,28)14-18)23-11-15-4-2-5-16(10-15)12-25-8-3-6-17(13-25)19(21)26/h2,4-5,10,17-18H,3,6-9,11-14H2,1H3,(H2,21,26)(H2,22,23,24). The van der Waals surface area contributed by atoms with Crippen LogP contribution in [0.25, 0.3) is 0 Å². The molecule has 0 aliphatic carbocycles. The third-order valence-corrected chi connectivity index (χ3v) is 7.33. The number of aliphatic imine (C=N–C) groups is 1. The molecule has 2 unspecified atom stereocenters. The number of nitrogens with two attached hydrogens (primary N) is 1. The summed E-state index contributed by atoms with van der Waals surface area (Å²) in [5, 5.41) is 6.46. The predicted molar refractivity (Wildman–Crippen MR) is 114 cm³/mol. The van der Waals surface area contributed by atoms with Gasteiger partial charge in [-0.05, 0) is 36.9 Å². The first-order valence-corrected chi connectivity index (χ1v) is 11.9. The number of sulfone groups is 1. The fourth-order valence-electron chi connectivity index (χ4n) is 4.01. The SMILES string of the molecule is CN=C(NCc1cccc(CN2CCCC(C(N)=O)C2)c1)NC1CCS(=O)(=O)C1. The lowest BCUT2D eigenvalue weighted by Crippen LogP contribution is -2.43. The maximum Gasteiger partial charge on any atom is 0.221 e. The average molecular weight is 422 g/mol. The van der Waals surface area contributed by atoms with E-state index in [1.807, 2.05) is 12.1 Å². The zero-order chi connectivity index (χ0) is 20.9. The number of hydrogen-bond acceptors (Lipinski definition) is 5. The van der Waals surface area contributed by atoms with Gasteiger partial charge >= 0.3 is 0 Å². The number of primary amides is 1. The molecular formula is C20H31N5O3S. The summed E-state index contributed by atoms with van der Waals surface area (Å²) in [4.78, 5) is 18.0. The van der Waals surface area contributed by atoms with E-state index >= 15 is 0 Å². The van der Waals surface area contributed by atoms with Gasteiger partial charge in [0.1, 0.15) is 0 Å². The molecule has 2 fully saturated rings. The van der Waals surface area contributed by atoms with Crippen LogP contribution in [0.2, 0.25) is 0 Å². The monoisotopic (exact) mass is 421 g/mol. The highest BCUT2D eigenvalue weighted by molar-refractivity contribution is 7.91. The smallest absolute Gasteiger partial charge is 0.221 e. The maximum atomic E-state index is 11.6. The number of hydrogen-bond donors (Lipinski definition) is 3. The normalized spacial score (nSPS) is 24.9. The Morgan fingerprint density at radius 3 is 2.79 bits per heavy atom. The molecule has 29 heavy (non-hydrogen) atoms. The average Bonchev–Trinajstić information content (AvgIpc) is 3.04. The van der Waals surface area contributed by atoms with Crippen molar-refractivity contribution in [1.29, 1.82) is 0 Å². The van der Waals surface area contributed by atoms with Gasteiger partial charge < -0.3 is 16.4 Å². The second kappa shape index (κ2) is 9.58. The number of nitrogens with one attached hydrogen (secondary N) is 2. The van der Waals surface area contributed by atoms with Gasteiger partial charge in [-0.2, -0.15) is 0 Å². The van der Waals surface area contributed by atoms with Crippen LogP contribution in [0.3, 0.4) is 0 Å². The summed E-state index contributed by atoms with van der Waals surface area (Å²) in [5.41, 5.74) is 7.79. The van der Waals surface area contributed by atoms with Gasteiger partial charge in [0.05, 0.1) is 17.4 Å². The van der Waals surface area contributed by atoms with Crippen LogP contribution in [0, 0.1) is 5.92 Å². The van der Waals surface area contributed by atoms with Gasteiger partial charge in [-0.25, -0.2) is 8.42 Å². The molecule has 0 saturated carbocycles. The van der Waals surface area contributed by atoms with Crippen molar-refractivity contribution >= 4 is 21.7 Å². The molecule has 0 spiro atoms. The number of guanidine groups is 1. The molecule has 2 saturated heterocycles. The van der Waals surface area contributed by atoms with E-state index in [9.17, 15) is 13.2 Å². The molecule has 0 radical (unpaired) electrons. The van der Waals surface area contributed by atoms with Crippen molar-refractivity contribution in [3.8, 4) is 0 Å². The van der Waals surface area contributed by atoms with E-state index in [0.717, 1.165) is 38.0 Å². The van der Waals surface area contributed by atoms with Crippen LogP contribution in [0.5, 0.6) is 0 Å². The largest absolute Gasteiger partial charge is 0.369 e. The topological polar surface area (TPSA) is 117 Å². The molecule has 8 nitrogen and oxygen atoms in total. The van der Waals surface area contributed by atoms with E-state index in [-0.39, 0.29) is 29.4 Å². The number of piperidine rings is 1. The van der Waals surface area contributed by atoms with Crippen molar-refractivity contribution in [2.45, 2.75) is 38.4 Å². The molecule has 160 valence electrons. The second-order valence-corrected chi connectivity index (χ2v) is 10.2. The van der Waals surface area contributed by atoms with Crippen molar-refractivity contribution in [3.05, 3.63) is 35.4 Å². The third-order valence-electron chi connectivity index (χ3n) is 5.56. The third kappa shape index (κ3) is 6.43. The number of rotatable bonds is 6. The maximum absolute atomic E-state index is 11.6. The number of amides is 1. The fraction of sp³-hybridized carbons (Fsp3) is 0.600. The van der Waals surface area contributed by atoms with Gasteiger partial charge in [0, 0.05) is 32.7 Å². The van der Waals surface area contributed by atoms with E-state index in [1.165, 1.54) is 5.56 Å². The summed E-state index contributed by atoms with van der Waals surface area (Å²) in [5.74, 6) is 0.740. The Kier molecular flexibility index (Phi) is 7.13. The second-order valence-electron chi connectivity index (χ2n) is 7.97. The summed E-state index contributed by atoms with van der Waals surface area (Å²) in [6, 6.07) is 8.23. The van der Waals surface area contributed by atoms with Crippen molar-refractivity contribution in [3.63, 3.8) is 0 Å². The lowest BCUT2D eigenvalue weighted by molar-refractivity contribution is -0.123. The van der Waals surface area contributed by atoms with Crippen LogP contribution in [0.4, 0.5) is 0 Å². The van der Waals surface area contributed by atoms with Gasteiger partial charge in [-0.15, -0.1) is 0 Å². The highest BCUT2D eigenvalue weighted by Crippen LogP contribution is 2.19. The minimum absolute atomic E-state index is 0.0533. The first-order chi connectivity index (χ1) is 13.8. The number of likely N-dealkylation sites (tertiary alicyclic amines) is 1. The van der Waals surface area contributed by atoms with Gasteiger partial charge in [-0.3, -0.25) is 14.7 Å². The highest BCUT2D eigenvalue weighted by atomic mass is 32.2. The zero-order valence-electron chi connectivity index (χ0n) is 16.9. The summed E-state index contributed by atoms with van der Waals surface area (Å²) < 4.78 is 23.2. The molecule has 2 aliphatic heterocycles. The molecule has 4 N–H and O–H groups in total. The molecule has 1 aromatic rings. The summed E-state index contributed by atoms with van der Waals surface area (Å²) >= 11 is 0. The molecule has 2 aliphatic rings. The number of benzene rings is 1. The van der Waals surface area contributed by atoms with Gasteiger partial charge in [-0.1, -0.05) is 24.3 Å². The van der Waals surface area contributed by atoms with Crippen LogP contribution in [0.15, 0.2) is 29.3 Å². The molecule has 2 heterocycles. The van der Waals surface area contributed by atoms with Crippen LogP contribution in [0.1, 0.15) is 30.4 Å². The van der Waals surface area contributed by atoms with E-state index in [1.54, 1.807) is 7.05 Å². The van der Waals surface area contributed by atoms with Crippen molar-refractivity contribution < 1.29 is 13.2 Å². The first kappa shape index (κ1) is 21.6.